The molecule has 0 aromatic carbocycles. The van der Waals surface area contributed by atoms with E-state index in [1.807, 2.05) is 0 Å². The molecule has 2 aliphatic carbocycles. The molecule has 0 bridgehead atoms. The molecule has 0 aromatic rings. The van der Waals surface area contributed by atoms with Crippen LogP contribution < -0.4 is 24.8 Å². The van der Waals surface area contributed by atoms with Crippen LogP contribution in [0.1, 0.15) is 20.3 Å². The van der Waals surface area contributed by atoms with Crippen LogP contribution in [0.3, 0.4) is 0 Å². The molecule has 0 amide bonds. The van der Waals surface area contributed by atoms with E-state index in [9.17, 15) is 0 Å². The van der Waals surface area contributed by atoms with E-state index < -0.39 is 23.2 Å². The van der Waals surface area contributed by atoms with E-state index in [-0.39, 0.29) is 24.8 Å². The Kier molecular flexibility index (Phi) is 6.41. The monoisotopic (exact) mass is 318 g/mol. The van der Waals surface area contributed by atoms with Crippen LogP contribution in [0.5, 0.6) is 0 Å². The van der Waals surface area contributed by atoms with E-state index in [0.29, 0.717) is 3.12 Å². The summed E-state index contributed by atoms with van der Waals surface area (Å²) < 4.78 is 2.19. The average Bonchev–Trinajstić information content (AvgIpc) is 2.65. The summed E-state index contributed by atoms with van der Waals surface area (Å²) in [6, 6.07) is 0. The predicted molar refractivity (Wildman–Crippen MR) is 53.1 cm³/mol. The Bertz CT molecular complexity index is 340. The summed E-state index contributed by atoms with van der Waals surface area (Å²) in [7, 11) is 0. The summed E-state index contributed by atoms with van der Waals surface area (Å²) in [4.78, 5) is 0. The molecule has 1 unspecified atom stereocenters. The van der Waals surface area contributed by atoms with E-state index in [1.54, 1.807) is 8.85 Å². The van der Waals surface area contributed by atoms with Gasteiger partial charge in [0.1, 0.15) is 0 Å². The van der Waals surface area contributed by atoms with Gasteiger partial charge in [0, 0.05) is 0 Å². The Morgan fingerprint density at radius 1 is 1.20 bits per heavy atom. The fourth-order valence-corrected chi connectivity index (χ4v) is 5.46. The normalized spacial score (nSPS) is 26.3. The number of allylic oxidation sites excluding steroid dienone is 8. The molecule has 0 spiro atoms. The third-order valence-electron chi connectivity index (χ3n) is 2.79. The Morgan fingerprint density at radius 2 is 1.93 bits per heavy atom. The summed E-state index contributed by atoms with van der Waals surface area (Å²) in [5, 5.41) is 0. The Morgan fingerprint density at radius 3 is 2.40 bits per heavy atom. The Balaban J connectivity index is 0.000000980. The maximum atomic E-state index is 2.40. The third-order valence-corrected chi connectivity index (χ3v) is 7.14. The first-order valence-corrected chi connectivity index (χ1v) is 7.17. The molecule has 15 heavy (non-hydrogen) atoms. The quantitative estimate of drug-likeness (QED) is 0.533. The van der Waals surface area contributed by atoms with Crippen LogP contribution in [0.15, 0.2) is 45.3 Å². The van der Waals surface area contributed by atoms with Gasteiger partial charge >= 0.3 is 91.9 Å². The molecule has 0 heterocycles. The smallest absolute Gasteiger partial charge is 1.00 e. The van der Waals surface area contributed by atoms with Crippen molar-refractivity contribution in [1.82, 2.24) is 0 Å². The van der Waals surface area contributed by atoms with Crippen LogP contribution >= 0.6 is 0 Å². The second-order valence-electron chi connectivity index (χ2n) is 3.86. The maximum absolute atomic E-state index is 2.40. The largest absolute Gasteiger partial charge is 1.00 e. The minimum Gasteiger partial charge on any atom is -1.00 e. The molecule has 0 aliphatic heterocycles. The molecule has 1 atom stereocenters. The number of halogens is 2. The number of rotatable bonds is 2. The van der Waals surface area contributed by atoms with Crippen molar-refractivity contribution in [1.29, 1.82) is 0 Å². The molecule has 2 rings (SSSR count). The van der Waals surface area contributed by atoms with Gasteiger partial charge in [-0.3, -0.25) is 0 Å². The summed E-state index contributed by atoms with van der Waals surface area (Å²) >= 11 is -0.431. The van der Waals surface area contributed by atoms with Gasteiger partial charge in [-0.1, -0.05) is 0 Å². The van der Waals surface area contributed by atoms with Crippen molar-refractivity contribution >= 4 is 0 Å². The molecule has 3 heteroatoms. The maximum Gasteiger partial charge on any atom is -1.00 e. The van der Waals surface area contributed by atoms with Crippen molar-refractivity contribution in [3.63, 3.8) is 0 Å². The van der Waals surface area contributed by atoms with Crippen LogP contribution in [-0.4, -0.2) is 0 Å². The van der Waals surface area contributed by atoms with Gasteiger partial charge in [0.2, 0.25) is 0 Å². The van der Waals surface area contributed by atoms with Crippen molar-refractivity contribution in [3.8, 4) is 0 Å². The zero-order chi connectivity index (χ0) is 9.31. The molecule has 2 aliphatic rings. The van der Waals surface area contributed by atoms with Gasteiger partial charge in [-0.25, -0.2) is 0 Å². The molecule has 0 aromatic heterocycles. The minimum atomic E-state index is -0.431. The summed E-state index contributed by atoms with van der Waals surface area (Å²) in [5.74, 6) is 0. The van der Waals surface area contributed by atoms with Crippen molar-refractivity contribution < 1.29 is 48.0 Å². The molecule has 0 nitrogen and oxygen atoms in total. The van der Waals surface area contributed by atoms with Crippen molar-refractivity contribution in [2.75, 3.05) is 0 Å². The Labute approximate surface area is 116 Å². The van der Waals surface area contributed by atoms with Crippen LogP contribution in [0.25, 0.3) is 0 Å². The van der Waals surface area contributed by atoms with E-state index >= 15 is 0 Å². The number of hydrogen-bond acceptors (Lipinski definition) is 0. The summed E-state index contributed by atoms with van der Waals surface area (Å²) in [5.41, 5.74) is 1.56. The van der Waals surface area contributed by atoms with E-state index in [0.717, 1.165) is 0 Å². The topological polar surface area (TPSA) is 0 Å². The van der Waals surface area contributed by atoms with E-state index in [2.05, 4.69) is 50.3 Å². The van der Waals surface area contributed by atoms with E-state index in [4.69, 9.17) is 0 Å². The second-order valence-corrected chi connectivity index (χ2v) is 8.61. The first kappa shape index (κ1) is 15.4. The van der Waals surface area contributed by atoms with Crippen molar-refractivity contribution in [2.45, 2.75) is 23.4 Å². The van der Waals surface area contributed by atoms with Crippen molar-refractivity contribution in [2.24, 2.45) is 0 Å². The summed E-state index contributed by atoms with van der Waals surface area (Å²) in [6.45, 7) is 4.66. The van der Waals surface area contributed by atoms with Crippen LogP contribution in [-0.2, 0) is 23.2 Å². The van der Waals surface area contributed by atoms with E-state index in [1.165, 1.54) is 6.42 Å². The van der Waals surface area contributed by atoms with Gasteiger partial charge in [0.25, 0.3) is 0 Å². The zero-order valence-corrected chi connectivity index (χ0v) is 12.9. The van der Waals surface area contributed by atoms with Crippen LogP contribution in [0, 0.1) is 0 Å². The fraction of sp³-hybridized carbons (Fsp3) is 0.333. The fourth-order valence-electron chi connectivity index (χ4n) is 1.70. The first-order valence-electron chi connectivity index (χ1n) is 4.71. The molecular formula is C12H14Cl2Zr. The minimum absolute atomic E-state index is 0. The van der Waals surface area contributed by atoms with Gasteiger partial charge in [0.15, 0.2) is 0 Å². The third kappa shape index (κ3) is 3.44. The molecule has 0 saturated carbocycles. The SMILES string of the molecule is CC1=CC=C[C]1(C)[Zr+2][C]1=CC=CC1.[Cl-].[Cl-]. The van der Waals surface area contributed by atoms with Gasteiger partial charge in [-0.15, -0.1) is 0 Å². The van der Waals surface area contributed by atoms with Gasteiger partial charge in [-0.05, 0) is 0 Å². The number of hydrogen-bond donors (Lipinski definition) is 0. The van der Waals surface area contributed by atoms with Gasteiger partial charge in [0.05, 0.1) is 0 Å². The van der Waals surface area contributed by atoms with Crippen LogP contribution in [0.2, 0.25) is 3.12 Å². The van der Waals surface area contributed by atoms with Gasteiger partial charge < -0.3 is 24.8 Å². The average molecular weight is 320 g/mol. The van der Waals surface area contributed by atoms with Crippen LogP contribution in [0.4, 0.5) is 0 Å². The van der Waals surface area contributed by atoms with Crippen molar-refractivity contribution in [3.05, 3.63) is 45.3 Å². The second kappa shape index (κ2) is 6.23. The predicted octanol–water partition coefficient (Wildman–Crippen LogP) is -2.38. The molecule has 0 fully saturated rings. The van der Waals surface area contributed by atoms with Gasteiger partial charge in [-0.2, -0.15) is 0 Å². The molecule has 0 saturated heterocycles. The molecule has 80 valence electrons. The molecule has 0 N–H and O–H groups in total. The molecular weight excluding hydrogens is 306 g/mol. The zero-order valence-electron chi connectivity index (χ0n) is 8.93. The first-order chi connectivity index (χ1) is 6.21. The molecule has 0 radical (unpaired) electrons. The summed E-state index contributed by atoms with van der Waals surface area (Å²) in [6.07, 6.45) is 14.9. The standard InChI is InChI=1S/C7H9.C5H5.2ClH.Zr/c1-6-4-3-5-7(6)2;1-2-4-5-3-1;;;/h3-5H,1-2H3;1-3H,4H2;2*1H;/q;;;;+2/p-2. The Hall–Kier alpha value is 0.423.